The Bertz CT molecular complexity index is 291. The second-order valence-electron chi connectivity index (χ2n) is 9.70. The number of nitrogens with one attached hydrogen (secondary N) is 1. The van der Waals surface area contributed by atoms with Crippen molar-refractivity contribution in [2.45, 2.75) is 111 Å². The molecule has 0 radical (unpaired) electrons. The van der Waals surface area contributed by atoms with Crippen LogP contribution in [0, 0.1) is 0 Å². The summed E-state index contributed by atoms with van der Waals surface area (Å²) in [6.45, 7) is 32.9. The minimum Gasteiger partial charge on any atom is -0.316 e. The number of hydrogen-bond acceptors (Lipinski definition) is 1. The van der Waals surface area contributed by atoms with E-state index >= 15 is 0 Å². The lowest BCUT2D eigenvalue weighted by Crippen LogP contribution is -2.31. The van der Waals surface area contributed by atoms with Gasteiger partial charge in [0.25, 0.3) is 0 Å². The number of hydrogen-bond donors (Lipinski definition) is 1. The van der Waals surface area contributed by atoms with E-state index in [0.29, 0.717) is 15.5 Å². The van der Waals surface area contributed by atoms with Crippen molar-refractivity contribution in [3.05, 3.63) is 0 Å². The van der Waals surface area contributed by atoms with E-state index in [4.69, 9.17) is 0 Å². The zero-order chi connectivity index (χ0) is 19.8. The summed E-state index contributed by atoms with van der Waals surface area (Å²) in [4.78, 5) is 0. The fraction of sp³-hybridized carbons (Fsp3) is 1.00. The van der Waals surface area contributed by atoms with Crippen molar-refractivity contribution in [2.24, 2.45) is 0 Å². The SMILES string of the molecule is CC.CC(C)P(CCNCCP(C(C)(C)C)C(C)(C)C)C(C)(C)C. The second kappa shape index (κ2) is 11.5. The molecule has 0 amide bonds. The van der Waals surface area contributed by atoms with Crippen molar-refractivity contribution in [2.75, 3.05) is 25.4 Å². The molecule has 1 atom stereocenters. The Morgan fingerprint density at radius 1 is 0.667 bits per heavy atom. The van der Waals surface area contributed by atoms with E-state index in [1.54, 1.807) is 0 Å². The molecule has 0 aliphatic rings. The van der Waals surface area contributed by atoms with E-state index in [0.717, 1.165) is 5.66 Å². The molecule has 0 aliphatic heterocycles. The highest BCUT2D eigenvalue weighted by molar-refractivity contribution is 7.61. The van der Waals surface area contributed by atoms with E-state index in [-0.39, 0.29) is 15.8 Å². The van der Waals surface area contributed by atoms with Crippen LogP contribution in [-0.4, -0.2) is 46.5 Å². The molecule has 0 rings (SSSR count). The topological polar surface area (TPSA) is 12.0 Å². The van der Waals surface area contributed by atoms with E-state index in [1.807, 2.05) is 13.8 Å². The van der Waals surface area contributed by atoms with Crippen LogP contribution in [0.25, 0.3) is 0 Å². The Hall–Kier alpha value is 0.820. The standard InChI is InChI=1S/C19H43NP2.C2H6/c1-16(2)21(17(3,4)5)14-12-20-13-15-22(18(6,7)8)19(9,10)11;1-2/h16,20H,12-15H2,1-11H3;1-2H3. The fourth-order valence-corrected chi connectivity index (χ4v) is 10.4. The lowest BCUT2D eigenvalue weighted by molar-refractivity contribution is 0.687. The third kappa shape index (κ3) is 11.4. The Morgan fingerprint density at radius 2 is 1.04 bits per heavy atom. The van der Waals surface area contributed by atoms with Crippen molar-refractivity contribution in [1.82, 2.24) is 5.32 Å². The van der Waals surface area contributed by atoms with Gasteiger partial charge in [-0.25, -0.2) is 0 Å². The molecule has 0 fully saturated rings. The van der Waals surface area contributed by atoms with Crippen molar-refractivity contribution < 1.29 is 0 Å². The first kappa shape index (κ1) is 27.0. The summed E-state index contributed by atoms with van der Waals surface area (Å²) in [6.07, 6.45) is 2.71. The van der Waals surface area contributed by atoms with Crippen LogP contribution in [0.3, 0.4) is 0 Å². The highest BCUT2D eigenvalue weighted by Gasteiger charge is 2.33. The van der Waals surface area contributed by atoms with Gasteiger partial charge >= 0.3 is 0 Å². The molecule has 0 aromatic rings. The summed E-state index contributed by atoms with van der Waals surface area (Å²) in [6, 6.07) is 0. The van der Waals surface area contributed by atoms with E-state index in [1.165, 1.54) is 25.4 Å². The largest absolute Gasteiger partial charge is 0.316 e. The van der Waals surface area contributed by atoms with Crippen LogP contribution < -0.4 is 5.32 Å². The Labute approximate surface area is 158 Å². The van der Waals surface area contributed by atoms with Gasteiger partial charge in [0, 0.05) is 0 Å². The molecule has 1 N–H and O–H groups in total. The molecule has 24 heavy (non-hydrogen) atoms. The predicted molar refractivity (Wildman–Crippen MR) is 122 cm³/mol. The first-order valence-corrected chi connectivity index (χ1v) is 13.0. The lowest BCUT2D eigenvalue weighted by Gasteiger charge is -2.42. The molecule has 1 nitrogen and oxygen atoms in total. The third-order valence-corrected chi connectivity index (χ3v) is 11.7. The van der Waals surface area contributed by atoms with E-state index < -0.39 is 0 Å². The molecule has 0 saturated heterocycles. The molecular weight excluding hydrogens is 328 g/mol. The molecule has 0 saturated carbocycles. The molecule has 0 aromatic heterocycles. The van der Waals surface area contributed by atoms with Gasteiger partial charge in [0.05, 0.1) is 0 Å². The van der Waals surface area contributed by atoms with Crippen LogP contribution >= 0.6 is 15.8 Å². The highest BCUT2D eigenvalue weighted by Crippen LogP contribution is 2.58. The average molecular weight is 378 g/mol. The van der Waals surface area contributed by atoms with Crippen molar-refractivity contribution in [1.29, 1.82) is 0 Å². The first-order valence-electron chi connectivity index (χ1n) is 9.92. The van der Waals surface area contributed by atoms with E-state index in [2.05, 4.69) is 81.5 Å². The predicted octanol–water partition coefficient (Wildman–Crippen LogP) is 7.37. The maximum Gasteiger partial charge on any atom is -0.000898 e. The monoisotopic (exact) mass is 377 g/mol. The summed E-state index contributed by atoms with van der Waals surface area (Å²) in [5.74, 6) is 0. The minimum atomic E-state index is 0.0331. The van der Waals surface area contributed by atoms with Crippen LogP contribution in [0.15, 0.2) is 0 Å². The van der Waals surface area contributed by atoms with Gasteiger partial charge in [-0.3, -0.25) is 0 Å². The van der Waals surface area contributed by atoms with Gasteiger partial charge in [0.15, 0.2) is 0 Å². The van der Waals surface area contributed by atoms with Gasteiger partial charge in [-0.05, 0) is 46.5 Å². The van der Waals surface area contributed by atoms with Gasteiger partial charge < -0.3 is 5.32 Å². The quantitative estimate of drug-likeness (QED) is 0.361. The van der Waals surface area contributed by atoms with Gasteiger partial charge in [0.1, 0.15) is 0 Å². The van der Waals surface area contributed by atoms with E-state index in [9.17, 15) is 0 Å². The fourth-order valence-electron chi connectivity index (χ4n) is 3.56. The Kier molecular flexibility index (Phi) is 13.0. The maximum absolute atomic E-state index is 3.75. The molecule has 0 spiro atoms. The summed E-state index contributed by atoms with van der Waals surface area (Å²) in [7, 11) is 0.138. The van der Waals surface area contributed by atoms with Gasteiger partial charge in [-0.2, -0.15) is 0 Å². The van der Waals surface area contributed by atoms with Crippen molar-refractivity contribution >= 4 is 15.8 Å². The average Bonchev–Trinajstić information content (AvgIpc) is 2.34. The zero-order valence-electron chi connectivity index (χ0n) is 19.3. The summed E-state index contributed by atoms with van der Waals surface area (Å²) >= 11 is 0. The summed E-state index contributed by atoms with van der Waals surface area (Å²) in [5, 5.41) is 5.13. The minimum absolute atomic E-state index is 0.0331. The van der Waals surface area contributed by atoms with Gasteiger partial charge in [0.2, 0.25) is 0 Å². The molecule has 0 bridgehead atoms. The zero-order valence-corrected chi connectivity index (χ0v) is 21.1. The maximum atomic E-state index is 3.75. The highest BCUT2D eigenvalue weighted by atomic mass is 31.1. The van der Waals surface area contributed by atoms with Gasteiger partial charge in [-0.1, -0.05) is 106 Å². The lowest BCUT2D eigenvalue weighted by atomic mass is 10.2. The van der Waals surface area contributed by atoms with Crippen LogP contribution in [0.1, 0.15) is 90.0 Å². The van der Waals surface area contributed by atoms with Crippen LogP contribution in [0.2, 0.25) is 0 Å². The van der Waals surface area contributed by atoms with Crippen molar-refractivity contribution in [3.63, 3.8) is 0 Å². The number of rotatable bonds is 7. The summed E-state index contributed by atoms with van der Waals surface area (Å²) in [5.41, 5.74) is 0.832. The first-order chi connectivity index (χ1) is 10.7. The van der Waals surface area contributed by atoms with Crippen LogP contribution in [0.4, 0.5) is 0 Å². The molecule has 0 aromatic carbocycles. The normalized spacial score (nSPS) is 14.6. The third-order valence-electron chi connectivity index (χ3n) is 4.15. The molecular formula is C21H49NP2. The van der Waals surface area contributed by atoms with Gasteiger partial charge in [-0.15, -0.1) is 0 Å². The molecule has 0 aliphatic carbocycles. The second-order valence-corrected chi connectivity index (χ2v) is 17.4. The summed E-state index contributed by atoms with van der Waals surface area (Å²) < 4.78 is 0. The molecule has 148 valence electrons. The van der Waals surface area contributed by atoms with Crippen LogP contribution in [-0.2, 0) is 0 Å². The van der Waals surface area contributed by atoms with Crippen LogP contribution in [0.5, 0.6) is 0 Å². The Balaban J connectivity index is 0. The Morgan fingerprint density at radius 3 is 1.33 bits per heavy atom. The van der Waals surface area contributed by atoms with Crippen molar-refractivity contribution in [3.8, 4) is 0 Å². The molecule has 0 heterocycles. The molecule has 1 unspecified atom stereocenters. The molecule has 3 heteroatoms. The smallest absolute Gasteiger partial charge is 0.000898 e.